The Balaban J connectivity index is 2.10. The van der Waals surface area contributed by atoms with Crippen LogP contribution in [0.4, 0.5) is 0 Å². The van der Waals surface area contributed by atoms with Crippen LogP contribution in [0.3, 0.4) is 0 Å². The molecule has 19 heavy (non-hydrogen) atoms. The van der Waals surface area contributed by atoms with E-state index in [1.165, 1.54) is 13.0 Å². The highest BCUT2D eigenvalue weighted by atomic mass is 16.6. The van der Waals surface area contributed by atoms with Gasteiger partial charge >= 0.3 is 11.9 Å². The summed E-state index contributed by atoms with van der Waals surface area (Å²) >= 11 is 0. The molecule has 1 heterocycles. The number of esters is 2. The third-order valence-corrected chi connectivity index (χ3v) is 2.39. The number of ether oxygens (including phenoxy) is 4. The summed E-state index contributed by atoms with van der Waals surface area (Å²) in [5.41, 5.74) is 0. The van der Waals surface area contributed by atoms with Gasteiger partial charge in [0.05, 0.1) is 6.61 Å². The molecule has 2 rings (SSSR count). The lowest BCUT2D eigenvalue weighted by Gasteiger charge is -2.25. The van der Waals surface area contributed by atoms with Gasteiger partial charge in [-0.3, -0.25) is 4.79 Å². The summed E-state index contributed by atoms with van der Waals surface area (Å²) in [7, 11) is 0. The standard InChI is InChI=1S/C13H14O6/c1-3-16-13(15)12-7-17-11-6-9(18-8(2)14)4-5-10(11)19-12/h4-6,12H,3,7H2,1-2H3/t12-/m0/s1. The van der Waals surface area contributed by atoms with Crippen molar-refractivity contribution in [1.82, 2.24) is 0 Å². The summed E-state index contributed by atoms with van der Waals surface area (Å²) in [6.45, 7) is 3.39. The van der Waals surface area contributed by atoms with Crippen molar-refractivity contribution in [2.24, 2.45) is 0 Å². The zero-order chi connectivity index (χ0) is 13.8. The summed E-state index contributed by atoms with van der Waals surface area (Å²) in [5.74, 6) is 0.335. The van der Waals surface area contributed by atoms with Crippen molar-refractivity contribution in [3.05, 3.63) is 18.2 Å². The van der Waals surface area contributed by atoms with Gasteiger partial charge in [-0.25, -0.2) is 4.79 Å². The fourth-order valence-electron chi connectivity index (χ4n) is 1.63. The van der Waals surface area contributed by atoms with Crippen LogP contribution in [-0.2, 0) is 14.3 Å². The van der Waals surface area contributed by atoms with Crippen LogP contribution in [-0.4, -0.2) is 31.3 Å². The molecule has 6 nitrogen and oxygen atoms in total. The van der Waals surface area contributed by atoms with Gasteiger partial charge < -0.3 is 18.9 Å². The SMILES string of the molecule is CCOC(=O)[C@@H]1COc2cc(OC(C)=O)ccc2O1. The summed E-state index contributed by atoms with van der Waals surface area (Å²) in [6.07, 6.45) is -0.771. The molecular weight excluding hydrogens is 252 g/mol. The van der Waals surface area contributed by atoms with Gasteiger partial charge in [0.1, 0.15) is 12.4 Å². The molecule has 0 saturated carbocycles. The van der Waals surface area contributed by atoms with Crippen LogP contribution < -0.4 is 14.2 Å². The Morgan fingerprint density at radius 3 is 2.84 bits per heavy atom. The molecule has 102 valence electrons. The minimum Gasteiger partial charge on any atom is -0.485 e. The normalized spacial score (nSPS) is 16.6. The van der Waals surface area contributed by atoms with Crippen molar-refractivity contribution in [2.45, 2.75) is 20.0 Å². The molecule has 0 radical (unpaired) electrons. The molecule has 1 aliphatic heterocycles. The number of fused-ring (bicyclic) bond motifs is 1. The highest BCUT2D eigenvalue weighted by Gasteiger charge is 2.28. The van der Waals surface area contributed by atoms with Crippen LogP contribution >= 0.6 is 0 Å². The number of hydrogen-bond donors (Lipinski definition) is 0. The molecule has 1 atom stereocenters. The van der Waals surface area contributed by atoms with E-state index < -0.39 is 18.0 Å². The summed E-state index contributed by atoms with van der Waals surface area (Å²) < 4.78 is 20.7. The van der Waals surface area contributed by atoms with Crippen LogP contribution in [0.2, 0.25) is 0 Å². The quantitative estimate of drug-likeness (QED) is 0.607. The first-order chi connectivity index (χ1) is 9.10. The maximum absolute atomic E-state index is 11.5. The van der Waals surface area contributed by atoms with Gasteiger partial charge in [0.2, 0.25) is 6.10 Å². The Morgan fingerprint density at radius 1 is 1.37 bits per heavy atom. The summed E-state index contributed by atoms with van der Waals surface area (Å²) in [4.78, 5) is 22.4. The molecule has 1 aliphatic rings. The van der Waals surface area contributed by atoms with Crippen molar-refractivity contribution in [1.29, 1.82) is 0 Å². The Bertz CT molecular complexity index is 496. The van der Waals surface area contributed by atoms with Crippen molar-refractivity contribution in [2.75, 3.05) is 13.2 Å². The third-order valence-electron chi connectivity index (χ3n) is 2.39. The monoisotopic (exact) mass is 266 g/mol. The maximum Gasteiger partial charge on any atom is 0.350 e. The molecule has 0 aliphatic carbocycles. The van der Waals surface area contributed by atoms with Gasteiger partial charge in [-0.15, -0.1) is 0 Å². The van der Waals surface area contributed by atoms with Gasteiger partial charge in [-0.05, 0) is 19.1 Å². The van der Waals surface area contributed by atoms with Gasteiger partial charge in [0, 0.05) is 13.0 Å². The molecule has 0 fully saturated rings. The zero-order valence-corrected chi connectivity index (χ0v) is 10.7. The minimum absolute atomic E-state index is 0.0648. The topological polar surface area (TPSA) is 71.1 Å². The van der Waals surface area contributed by atoms with Gasteiger partial charge in [0.15, 0.2) is 11.5 Å². The lowest BCUT2D eigenvalue weighted by Crippen LogP contribution is -2.37. The van der Waals surface area contributed by atoms with E-state index in [9.17, 15) is 9.59 Å². The molecule has 0 saturated heterocycles. The second-order valence-electron chi connectivity index (χ2n) is 3.87. The van der Waals surface area contributed by atoms with E-state index in [0.717, 1.165) is 0 Å². The van der Waals surface area contributed by atoms with Crippen molar-refractivity contribution in [3.8, 4) is 17.2 Å². The number of carbonyl (C=O) groups is 2. The summed E-state index contributed by atoms with van der Waals surface area (Å²) in [6, 6.07) is 4.69. The molecular formula is C13H14O6. The first kappa shape index (κ1) is 13.2. The molecule has 6 heteroatoms. The Kier molecular flexibility index (Phi) is 3.89. The largest absolute Gasteiger partial charge is 0.485 e. The fraction of sp³-hybridized carbons (Fsp3) is 0.385. The molecule has 0 bridgehead atoms. The highest BCUT2D eigenvalue weighted by molar-refractivity contribution is 5.76. The molecule has 1 aromatic carbocycles. The molecule has 0 unspecified atom stereocenters. The van der Waals surface area contributed by atoms with Crippen LogP contribution in [0.5, 0.6) is 17.2 Å². The second kappa shape index (κ2) is 5.60. The smallest absolute Gasteiger partial charge is 0.350 e. The van der Waals surface area contributed by atoms with Gasteiger partial charge in [-0.1, -0.05) is 0 Å². The Hall–Kier alpha value is -2.24. The maximum atomic E-state index is 11.5. The lowest BCUT2D eigenvalue weighted by molar-refractivity contribution is -0.153. The van der Waals surface area contributed by atoms with Crippen LogP contribution in [0, 0.1) is 0 Å². The van der Waals surface area contributed by atoms with E-state index >= 15 is 0 Å². The van der Waals surface area contributed by atoms with E-state index in [-0.39, 0.29) is 13.2 Å². The second-order valence-corrected chi connectivity index (χ2v) is 3.87. The first-order valence-corrected chi connectivity index (χ1v) is 5.88. The molecule has 0 aromatic heterocycles. The van der Waals surface area contributed by atoms with E-state index in [1.54, 1.807) is 19.1 Å². The molecule has 1 aromatic rings. The third kappa shape index (κ3) is 3.15. The van der Waals surface area contributed by atoms with Gasteiger partial charge in [-0.2, -0.15) is 0 Å². The van der Waals surface area contributed by atoms with Crippen molar-refractivity contribution >= 4 is 11.9 Å². The van der Waals surface area contributed by atoms with Crippen LogP contribution in [0.25, 0.3) is 0 Å². The van der Waals surface area contributed by atoms with Crippen LogP contribution in [0.1, 0.15) is 13.8 Å². The average Bonchev–Trinajstić information content (AvgIpc) is 2.37. The van der Waals surface area contributed by atoms with E-state index in [1.807, 2.05) is 0 Å². The van der Waals surface area contributed by atoms with Crippen molar-refractivity contribution in [3.63, 3.8) is 0 Å². The van der Waals surface area contributed by atoms with E-state index in [0.29, 0.717) is 17.2 Å². The van der Waals surface area contributed by atoms with Crippen molar-refractivity contribution < 1.29 is 28.5 Å². The molecule has 0 N–H and O–H groups in total. The van der Waals surface area contributed by atoms with E-state index in [4.69, 9.17) is 18.9 Å². The van der Waals surface area contributed by atoms with E-state index in [2.05, 4.69) is 0 Å². The minimum atomic E-state index is -0.771. The summed E-state index contributed by atoms with van der Waals surface area (Å²) in [5, 5.41) is 0. The number of carbonyl (C=O) groups excluding carboxylic acids is 2. The number of hydrogen-bond acceptors (Lipinski definition) is 6. The Labute approximate surface area is 110 Å². The molecule has 0 spiro atoms. The molecule has 0 amide bonds. The number of benzene rings is 1. The van der Waals surface area contributed by atoms with Gasteiger partial charge in [0.25, 0.3) is 0 Å². The Morgan fingerprint density at radius 2 is 2.16 bits per heavy atom. The average molecular weight is 266 g/mol. The highest BCUT2D eigenvalue weighted by Crippen LogP contribution is 2.35. The zero-order valence-electron chi connectivity index (χ0n) is 10.7. The van der Waals surface area contributed by atoms with Crippen LogP contribution in [0.15, 0.2) is 18.2 Å². The predicted octanol–water partition coefficient (Wildman–Crippen LogP) is 1.31. The number of rotatable bonds is 3. The first-order valence-electron chi connectivity index (χ1n) is 5.88. The fourth-order valence-corrected chi connectivity index (χ4v) is 1.63. The lowest BCUT2D eigenvalue weighted by atomic mass is 10.2. The predicted molar refractivity (Wildman–Crippen MR) is 64.3 cm³/mol.